The summed E-state index contributed by atoms with van der Waals surface area (Å²) in [6.07, 6.45) is 2.07. The number of aryl methyl sites for hydroxylation is 1. The standard InChI is InChI=1S/C19H23N5O3/c1-13-5-3-6-14-9-15(19-20-21-22-24(19)18(13)14)10-23(17(25)12-26-2)11-16-7-4-8-27-16/h3,5-6,9,16H,4,7-8,10-12H2,1-2H3/t16-/m1/s1. The molecule has 0 spiro atoms. The maximum absolute atomic E-state index is 12.6. The first-order valence-corrected chi connectivity index (χ1v) is 9.15. The molecule has 0 radical (unpaired) electrons. The number of carbonyl (C=O) groups excluding carboxylic acids is 1. The summed E-state index contributed by atoms with van der Waals surface area (Å²) in [5.74, 6) is -0.0667. The van der Waals surface area contributed by atoms with Gasteiger partial charge in [-0.2, -0.15) is 4.52 Å². The first-order valence-electron chi connectivity index (χ1n) is 9.15. The van der Waals surface area contributed by atoms with Crippen LogP contribution in [-0.4, -0.2) is 63.8 Å². The van der Waals surface area contributed by atoms with E-state index in [2.05, 4.69) is 21.6 Å². The number of pyridine rings is 1. The Labute approximate surface area is 157 Å². The number of tetrazole rings is 1. The third-order valence-corrected chi connectivity index (χ3v) is 5.00. The Kier molecular flexibility index (Phi) is 5.00. The molecule has 1 atom stereocenters. The van der Waals surface area contributed by atoms with Crippen molar-refractivity contribution in [2.75, 3.05) is 26.9 Å². The van der Waals surface area contributed by atoms with Crippen molar-refractivity contribution in [3.8, 4) is 0 Å². The fourth-order valence-corrected chi connectivity index (χ4v) is 3.70. The number of para-hydroxylation sites is 1. The number of carbonyl (C=O) groups is 1. The lowest BCUT2D eigenvalue weighted by atomic mass is 10.1. The van der Waals surface area contributed by atoms with Gasteiger partial charge < -0.3 is 14.4 Å². The highest BCUT2D eigenvalue weighted by Crippen LogP contribution is 2.24. The Hall–Kier alpha value is -2.58. The third kappa shape index (κ3) is 3.50. The molecule has 1 aromatic carbocycles. The van der Waals surface area contributed by atoms with E-state index in [9.17, 15) is 4.79 Å². The molecule has 8 heteroatoms. The van der Waals surface area contributed by atoms with Crippen LogP contribution in [0.25, 0.3) is 16.6 Å². The topological polar surface area (TPSA) is 81.9 Å². The predicted octanol–water partition coefficient (Wildman–Crippen LogP) is 1.74. The average Bonchev–Trinajstić information content (AvgIpc) is 3.33. The molecule has 1 aliphatic heterocycles. The molecule has 0 aliphatic carbocycles. The van der Waals surface area contributed by atoms with E-state index in [0.717, 1.165) is 41.5 Å². The van der Waals surface area contributed by atoms with E-state index < -0.39 is 0 Å². The predicted molar refractivity (Wildman–Crippen MR) is 99.3 cm³/mol. The van der Waals surface area contributed by atoms with Gasteiger partial charge in [-0.05, 0) is 41.8 Å². The van der Waals surface area contributed by atoms with Crippen LogP contribution >= 0.6 is 0 Å². The normalized spacial score (nSPS) is 17.0. The highest BCUT2D eigenvalue weighted by atomic mass is 16.5. The van der Waals surface area contributed by atoms with Gasteiger partial charge in [0.15, 0.2) is 5.65 Å². The number of ether oxygens (including phenoxy) is 2. The zero-order valence-electron chi connectivity index (χ0n) is 15.6. The van der Waals surface area contributed by atoms with Gasteiger partial charge in [0.05, 0.1) is 11.6 Å². The van der Waals surface area contributed by atoms with Crippen molar-refractivity contribution < 1.29 is 14.3 Å². The Balaban J connectivity index is 1.72. The number of hydrogen-bond acceptors (Lipinski definition) is 6. The number of fused-ring (bicyclic) bond motifs is 3. The highest BCUT2D eigenvalue weighted by Gasteiger charge is 2.24. The van der Waals surface area contributed by atoms with E-state index in [1.54, 1.807) is 9.42 Å². The molecule has 142 valence electrons. The summed E-state index contributed by atoms with van der Waals surface area (Å²) in [6, 6.07) is 8.15. The summed E-state index contributed by atoms with van der Waals surface area (Å²) in [7, 11) is 1.53. The molecule has 8 nitrogen and oxygen atoms in total. The van der Waals surface area contributed by atoms with Gasteiger partial charge in [-0.15, -0.1) is 5.10 Å². The van der Waals surface area contributed by atoms with Gasteiger partial charge in [0.2, 0.25) is 5.91 Å². The number of aromatic nitrogens is 4. The van der Waals surface area contributed by atoms with Gasteiger partial charge >= 0.3 is 0 Å². The minimum absolute atomic E-state index is 0.0423. The van der Waals surface area contributed by atoms with Gasteiger partial charge in [-0.1, -0.05) is 18.2 Å². The number of benzene rings is 1. The zero-order valence-corrected chi connectivity index (χ0v) is 15.6. The monoisotopic (exact) mass is 369 g/mol. The second-order valence-corrected chi connectivity index (χ2v) is 6.94. The largest absolute Gasteiger partial charge is 0.376 e. The molecule has 1 amide bonds. The zero-order chi connectivity index (χ0) is 18.8. The first kappa shape index (κ1) is 17.8. The second-order valence-electron chi connectivity index (χ2n) is 6.94. The number of methoxy groups -OCH3 is 1. The lowest BCUT2D eigenvalue weighted by Crippen LogP contribution is -2.39. The van der Waals surface area contributed by atoms with Crippen molar-refractivity contribution in [3.05, 3.63) is 35.4 Å². The van der Waals surface area contributed by atoms with E-state index in [1.165, 1.54) is 7.11 Å². The molecular weight excluding hydrogens is 346 g/mol. The van der Waals surface area contributed by atoms with Crippen LogP contribution in [0, 0.1) is 6.92 Å². The van der Waals surface area contributed by atoms with Crippen molar-refractivity contribution in [2.24, 2.45) is 0 Å². The van der Waals surface area contributed by atoms with Gasteiger partial charge in [0, 0.05) is 37.8 Å². The Morgan fingerprint density at radius 1 is 1.44 bits per heavy atom. The van der Waals surface area contributed by atoms with Crippen molar-refractivity contribution >= 4 is 22.5 Å². The highest BCUT2D eigenvalue weighted by molar-refractivity contribution is 5.86. The molecule has 0 saturated carbocycles. The fraction of sp³-hybridized carbons (Fsp3) is 0.474. The summed E-state index contributed by atoms with van der Waals surface area (Å²) in [5.41, 5.74) is 3.65. The molecule has 3 heterocycles. The van der Waals surface area contributed by atoms with Crippen molar-refractivity contribution in [2.45, 2.75) is 32.4 Å². The molecule has 4 rings (SSSR count). The number of nitrogens with zero attached hydrogens (tertiary/aromatic N) is 5. The van der Waals surface area contributed by atoms with Crippen molar-refractivity contribution in [1.29, 1.82) is 0 Å². The summed E-state index contributed by atoms with van der Waals surface area (Å²) in [6.45, 7) is 3.79. The lowest BCUT2D eigenvalue weighted by Gasteiger charge is -2.25. The van der Waals surface area contributed by atoms with E-state index in [4.69, 9.17) is 9.47 Å². The van der Waals surface area contributed by atoms with Crippen molar-refractivity contribution in [3.63, 3.8) is 0 Å². The van der Waals surface area contributed by atoms with Crippen LogP contribution in [0.4, 0.5) is 0 Å². The van der Waals surface area contributed by atoms with Gasteiger partial charge in [-0.3, -0.25) is 4.79 Å². The maximum atomic E-state index is 12.6. The van der Waals surface area contributed by atoms with Crippen LogP contribution in [-0.2, 0) is 20.8 Å². The fourth-order valence-electron chi connectivity index (χ4n) is 3.70. The van der Waals surface area contributed by atoms with Crippen LogP contribution in [0.5, 0.6) is 0 Å². The Morgan fingerprint density at radius 2 is 2.33 bits per heavy atom. The smallest absolute Gasteiger partial charge is 0.248 e. The Morgan fingerprint density at radius 3 is 3.11 bits per heavy atom. The third-order valence-electron chi connectivity index (χ3n) is 5.00. The maximum Gasteiger partial charge on any atom is 0.248 e. The molecule has 1 fully saturated rings. The number of rotatable bonds is 6. The summed E-state index contributed by atoms with van der Waals surface area (Å²) < 4.78 is 12.6. The van der Waals surface area contributed by atoms with Gasteiger partial charge in [-0.25, -0.2) is 0 Å². The molecule has 3 aromatic rings. The summed E-state index contributed by atoms with van der Waals surface area (Å²) in [4.78, 5) is 14.4. The SMILES string of the molecule is COCC(=O)N(Cc1cc2cccc(C)c2n2nnnc12)C[C@H]1CCCO1. The molecule has 0 unspecified atom stereocenters. The average molecular weight is 369 g/mol. The van der Waals surface area contributed by atoms with Gasteiger partial charge in [0.25, 0.3) is 0 Å². The molecule has 0 bridgehead atoms. The molecule has 2 aromatic heterocycles. The number of amides is 1. The minimum Gasteiger partial charge on any atom is -0.376 e. The van der Waals surface area contributed by atoms with E-state index >= 15 is 0 Å². The molecule has 1 aliphatic rings. The lowest BCUT2D eigenvalue weighted by molar-refractivity contribution is -0.137. The molecule has 1 saturated heterocycles. The number of hydrogen-bond donors (Lipinski definition) is 0. The van der Waals surface area contributed by atoms with E-state index in [1.807, 2.05) is 25.1 Å². The summed E-state index contributed by atoms with van der Waals surface area (Å²) in [5, 5.41) is 13.3. The Bertz CT molecular complexity index is 965. The van der Waals surface area contributed by atoms with Crippen LogP contribution in [0.15, 0.2) is 24.3 Å². The first-order chi connectivity index (χ1) is 13.2. The second kappa shape index (κ2) is 7.58. The van der Waals surface area contributed by atoms with Crippen LogP contribution in [0.2, 0.25) is 0 Å². The van der Waals surface area contributed by atoms with Crippen molar-refractivity contribution in [1.82, 2.24) is 24.9 Å². The molecule has 27 heavy (non-hydrogen) atoms. The minimum atomic E-state index is -0.0667. The van der Waals surface area contributed by atoms with Crippen LogP contribution in [0.3, 0.4) is 0 Å². The summed E-state index contributed by atoms with van der Waals surface area (Å²) >= 11 is 0. The molecular formula is C19H23N5O3. The van der Waals surface area contributed by atoms with Gasteiger partial charge in [0.1, 0.15) is 6.61 Å². The van der Waals surface area contributed by atoms with Crippen LogP contribution in [0.1, 0.15) is 24.0 Å². The van der Waals surface area contributed by atoms with Crippen LogP contribution < -0.4 is 0 Å². The quantitative estimate of drug-likeness (QED) is 0.658. The van der Waals surface area contributed by atoms with E-state index in [0.29, 0.717) is 18.7 Å². The molecule has 0 N–H and O–H groups in total. The van der Waals surface area contributed by atoms with E-state index in [-0.39, 0.29) is 18.6 Å².